The van der Waals surface area contributed by atoms with E-state index in [0.717, 1.165) is 21.7 Å². The first-order valence-corrected chi connectivity index (χ1v) is 6.32. The van der Waals surface area contributed by atoms with Crippen molar-refractivity contribution in [2.45, 2.75) is 13.3 Å². The second-order valence-corrected chi connectivity index (χ2v) is 4.77. The summed E-state index contributed by atoms with van der Waals surface area (Å²) in [5.41, 5.74) is 3.26. The summed E-state index contributed by atoms with van der Waals surface area (Å²) in [4.78, 5) is 4.59. The lowest BCUT2D eigenvalue weighted by atomic mass is 10.1. The average molecular weight is 295 g/mol. The topological polar surface area (TPSA) is 38.1 Å². The largest absolute Gasteiger partial charge is 0.396 e. The molecule has 0 aliphatic heterocycles. The van der Waals surface area contributed by atoms with Crippen molar-refractivity contribution in [3.63, 3.8) is 0 Å². The minimum absolute atomic E-state index is 0.116. The van der Waals surface area contributed by atoms with Gasteiger partial charge in [-0.2, -0.15) is 0 Å². The molecule has 1 heterocycles. The Kier molecular flexibility index (Phi) is 3.64. The summed E-state index contributed by atoms with van der Waals surface area (Å²) in [5.74, 6) is 0.887. The van der Waals surface area contributed by atoms with E-state index in [1.54, 1.807) is 0 Å². The quantitative estimate of drug-likeness (QED) is 0.945. The van der Waals surface area contributed by atoms with Crippen LogP contribution in [0.15, 0.2) is 28.9 Å². The summed E-state index contributed by atoms with van der Waals surface area (Å²) < 4.78 is 2.92. The average Bonchev–Trinajstić information content (AvgIpc) is 2.59. The SMILES string of the molecule is Cc1ccccc1-c1nc(CCO)n(C)c1Br. The van der Waals surface area contributed by atoms with Crippen LogP contribution in [0.2, 0.25) is 0 Å². The van der Waals surface area contributed by atoms with Gasteiger partial charge in [-0.1, -0.05) is 24.3 Å². The van der Waals surface area contributed by atoms with Crippen LogP contribution >= 0.6 is 15.9 Å². The van der Waals surface area contributed by atoms with Gasteiger partial charge in [0.1, 0.15) is 16.1 Å². The molecule has 0 amide bonds. The van der Waals surface area contributed by atoms with Gasteiger partial charge in [0.2, 0.25) is 0 Å². The first kappa shape index (κ1) is 12.3. The monoisotopic (exact) mass is 294 g/mol. The third-order valence-electron chi connectivity index (χ3n) is 2.85. The second kappa shape index (κ2) is 5.02. The number of nitrogens with zero attached hydrogens (tertiary/aromatic N) is 2. The molecule has 0 saturated carbocycles. The van der Waals surface area contributed by atoms with Crippen molar-refractivity contribution in [2.24, 2.45) is 7.05 Å². The highest BCUT2D eigenvalue weighted by Gasteiger charge is 2.14. The number of benzene rings is 1. The molecular formula is C13H15BrN2O. The first-order chi connectivity index (χ1) is 8.15. The minimum atomic E-state index is 0.116. The normalized spacial score (nSPS) is 10.8. The van der Waals surface area contributed by atoms with Crippen molar-refractivity contribution < 1.29 is 5.11 Å². The Balaban J connectivity index is 2.53. The molecule has 1 N–H and O–H groups in total. The molecule has 1 aromatic carbocycles. The molecule has 0 aliphatic carbocycles. The lowest BCUT2D eigenvalue weighted by Gasteiger charge is -2.02. The maximum atomic E-state index is 9.00. The Bertz CT molecular complexity index is 534. The highest BCUT2D eigenvalue weighted by molar-refractivity contribution is 9.10. The predicted molar refractivity (Wildman–Crippen MR) is 71.9 cm³/mol. The zero-order chi connectivity index (χ0) is 12.4. The molecule has 0 unspecified atom stereocenters. The summed E-state index contributed by atoms with van der Waals surface area (Å²) >= 11 is 3.56. The third kappa shape index (κ3) is 2.28. The number of hydrogen-bond donors (Lipinski definition) is 1. The molecule has 0 bridgehead atoms. The van der Waals surface area contributed by atoms with Crippen LogP contribution in [0.25, 0.3) is 11.3 Å². The standard InChI is InChI=1S/C13H15BrN2O/c1-9-5-3-4-6-10(9)12-13(14)16(2)11(15-12)7-8-17/h3-6,17H,7-8H2,1-2H3. The smallest absolute Gasteiger partial charge is 0.112 e. The molecule has 4 heteroatoms. The molecule has 1 aromatic heterocycles. The third-order valence-corrected chi connectivity index (χ3v) is 3.76. The molecule has 0 radical (unpaired) electrons. The fraction of sp³-hybridized carbons (Fsp3) is 0.308. The lowest BCUT2D eigenvalue weighted by molar-refractivity contribution is 0.295. The number of imidazole rings is 1. The number of rotatable bonds is 3. The predicted octanol–water partition coefficient (Wildman–Crippen LogP) is 2.69. The van der Waals surface area contributed by atoms with E-state index in [-0.39, 0.29) is 6.61 Å². The number of aliphatic hydroxyl groups is 1. The Labute approximate surface area is 109 Å². The minimum Gasteiger partial charge on any atom is -0.396 e. The van der Waals surface area contributed by atoms with Crippen molar-refractivity contribution in [3.8, 4) is 11.3 Å². The van der Waals surface area contributed by atoms with Crippen molar-refractivity contribution in [1.29, 1.82) is 0 Å². The molecule has 3 nitrogen and oxygen atoms in total. The van der Waals surface area contributed by atoms with Crippen LogP contribution in [0.5, 0.6) is 0 Å². The highest BCUT2D eigenvalue weighted by atomic mass is 79.9. The lowest BCUT2D eigenvalue weighted by Crippen LogP contribution is -2.00. The van der Waals surface area contributed by atoms with E-state index in [1.165, 1.54) is 5.56 Å². The Morgan fingerprint density at radius 1 is 1.35 bits per heavy atom. The molecule has 2 aromatic rings. The fourth-order valence-electron chi connectivity index (χ4n) is 1.86. The van der Waals surface area contributed by atoms with Gasteiger partial charge in [0.25, 0.3) is 0 Å². The number of hydrogen-bond acceptors (Lipinski definition) is 2. The highest BCUT2D eigenvalue weighted by Crippen LogP contribution is 2.30. The molecule has 0 spiro atoms. The second-order valence-electron chi connectivity index (χ2n) is 4.01. The fourth-order valence-corrected chi connectivity index (χ4v) is 2.36. The maximum Gasteiger partial charge on any atom is 0.112 e. The summed E-state index contributed by atoms with van der Waals surface area (Å²) in [6.45, 7) is 2.19. The Morgan fingerprint density at radius 3 is 2.71 bits per heavy atom. The van der Waals surface area contributed by atoms with Crippen LogP contribution in [0.1, 0.15) is 11.4 Å². The van der Waals surface area contributed by atoms with Gasteiger partial charge >= 0.3 is 0 Å². The summed E-state index contributed by atoms with van der Waals surface area (Å²) in [6.07, 6.45) is 0.570. The Hall–Kier alpha value is -1.13. The van der Waals surface area contributed by atoms with E-state index < -0.39 is 0 Å². The van der Waals surface area contributed by atoms with E-state index in [4.69, 9.17) is 5.11 Å². The number of halogens is 1. The van der Waals surface area contributed by atoms with Crippen molar-refractivity contribution >= 4 is 15.9 Å². The molecule has 90 valence electrons. The van der Waals surface area contributed by atoms with E-state index in [2.05, 4.69) is 40.0 Å². The summed E-state index contributed by atoms with van der Waals surface area (Å²) in [5, 5.41) is 9.00. The van der Waals surface area contributed by atoms with Crippen LogP contribution in [-0.2, 0) is 13.5 Å². The molecule has 0 aliphatic rings. The van der Waals surface area contributed by atoms with Gasteiger partial charge in [-0.15, -0.1) is 0 Å². The zero-order valence-electron chi connectivity index (χ0n) is 9.94. The van der Waals surface area contributed by atoms with E-state index in [0.29, 0.717) is 6.42 Å². The van der Waals surface area contributed by atoms with Gasteiger partial charge in [0.05, 0.1) is 6.61 Å². The summed E-state index contributed by atoms with van der Waals surface area (Å²) in [6, 6.07) is 8.16. The molecular weight excluding hydrogens is 280 g/mol. The summed E-state index contributed by atoms with van der Waals surface area (Å²) in [7, 11) is 1.95. The van der Waals surface area contributed by atoms with E-state index in [1.807, 2.05) is 23.7 Å². The number of aromatic nitrogens is 2. The van der Waals surface area contributed by atoms with Crippen LogP contribution < -0.4 is 0 Å². The van der Waals surface area contributed by atoms with Gasteiger partial charge < -0.3 is 9.67 Å². The van der Waals surface area contributed by atoms with E-state index >= 15 is 0 Å². The van der Waals surface area contributed by atoms with Crippen LogP contribution in [-0.4, -0.2) is 21.3 Å². The molecule has 0 atom stereocenters. The van der Waals surface area contributed by atoms with E-state index in [9.17, 15) is 0 Å². The van der Waals surface area contributed by atoms with Crippen LogP contribution in [0.4, 0.5) is 0 Å². The van der Waals surface area contributed by atoms with Crippen LogP contribution in [0.3, 0.4) is 0 Å². The van der Waals surface area contributed by atoms with Crippen LogP contribution in [0, 0.1) is 6.92 Å². The molecule has 2 rings (SSSR count). The van der Waals surface area contributed by atoms with Gasteiger partial charge in [-0.25, -0.2) is 4.98 Å². The molecule has 0 fully saturated rings. The number of aryl methyl sites for hydroxylation is 1. The zero-order valence-corrected chi connectivity index (χ0v) is 11.5. The maximum absolute atomic E-state index is 9.00. The first-order valence-electron chi connectivity index (χ1n) is 5.53. The van der Waals surface area contributed by atoms with Gasteiger partial charge in [-0.3, -0.25) is 0 Å². The van der Waals surface area contributed by atoms with Gasteiger partial charge in [-0.05, 0) is 28.4 Å². The Morgan fingerprint density at radius 2 is 2.06 bits per heavy atom. The van der Waals surface area contributed by atoms with Crippen molar-refractivity contribution in [3.05, 3.63) is 40.3 Å². The van der Waals surface area contributed by atoms with Gasteiger partial charge in [0.15, 0.2) is 0 Å². The number of aliphatic hydroxyl groups excluding tert-OH is 1. The van der Waals surface area contributed by atoms with Gasteiger partial charge in [0, 0.05) is 19.0 Å². The molecule has 0 saturated heterocycles. The molecule has 17 heavy (non-hydrogen) atoms. The van der Waals surface area contributed by atoms with Crippen molar-refractivity contribution in [2.75, 3.05) is 6.61 Å². The van der Waals surface area contributed by atoms with Crippen molar-refractivity contribution in [1.82, 2.24) is 9.55 Å².